The fourth-order valence-electron chi connectivity index (χ4n) is 2.48. The first-order valence-corrected chi connectivity index (χ1v) is 7.00. The average Bonchev–Trinajstić information content (AvgIpc) is 3.12. The average molecular weight is 255 g/mol. The molecule has 1 aliphatic carbocycles. The van der Waals surface area contributed by atoms with Crippen LogP contribution in [0.1, 0.15) is 35.4 Å². The number of hydrogen-bond donors (Lipinski definition) is 1. The molecular formula is C16H21N3. The fourth-order valence-corrected chi connectivity index (χ4v) is 2.48. The standard InChI is InChI=1S/C16H21N3/c1-11-4-7-16(19-13(3)9-12(2)18-19)14(8-11)10-17-15-5-6-15/h4,7-9,15,17H,5-6,10H2,1-3H3. The number of nitrogens with zero attached hydrogens (tertiary/aromatic N) is 2. The lowest BCUT2D eigenvalue weighted by atomic mass is 10.1. The van der Waals surface area contributed by atoms with E-state index in [0.717, 1.165) is 18.3 Å². The minimum atomic E-state index is 0.730. The third-order valence-corrected chi connectivity index (χ3v) is 3.63. The summed E-state index contributed by atoms with van der Waals surface area (Å²) in [7, 11) is 0. The molecule has 1 aromatic heterocycles. The molecule has 1 N–H and O–H groups in total. The van der Waals surface area contributed by atoms with Gasteiger partial charge >= 0.3 is 0 Å². The fraction of sp³-hybridized carbons (Fsp3) is 0.438. The predicted octanol–water partition coefficient (Wildman–Crippen LogP) is 3.05. The van der Waals surface area contributed by atoms with Crippen molar-refractivity contribution in [2.75, 3.05) is 0 Å². The molecule has 0 saturated heterocycles. The number of rotatable bonds is 4. The molecular weight excluding hydrogens is 234 g/mol. The van der Waals surface area contributed by atoms with Crippen molar-refractivity contribution in [3.05, 3.63) is 46.8 Å². The molecule has 0 amide bonds. The third kappa shape index (κ3) is 2.71. The summed E-state index contributed by atoms with van der Waals surface area (Å²) in [6.45, 7) is 7.23. The SMILES string of the molecule is Cc1ccc(-n2nc(C)cc2C)c(CNC2CC2)c1. The first-order chi connectivity index (χ1) is 9.13. The summed E-state index contributed by atoms with van der Waals surface area (Å²) in [5.41, 5.74) is 6.09. The molecule has 100 valence electrons. The van der Waals surface area contributed by atoms with Crippen molar-refractivity contribution < 1.29 is 0 Å². The molecule has 1 aliphatic rings. The van der Waals surface area contributed by atoms with Crippen molar-refractivity contribution in [1.82, 2.24) is 15.1 Å². The summed E-state index contributed by atoms with van der Waals surface area (Å²) in [5.74, 6) is 0. The van der Waals surface area contributed by atoms with E-state index in [-0.39, 0.29) is 0 Å². The first kappa shape index (κ1) is 12.4. The Morgan fingerprint density at radius 1 is 1.21 bits per heavy atom. The van der Waals surface area contributed by atoms with Crippen LogP contribution in [0, 0.1) is 20.8 Å². The van der Waals surface area contributed by atoms with Crippen LogP contribution in [-0.2, 0) is 6.54 Å². The van der Waals surface area contributed by atoms with Gasteiger partial charge in [0.05, 0.1) is 11.4 Å². The van der Waals surface area contributed by atoms with Gasteiger partial charge < -0.3 is 5.32 Å². The molecule has 1 saturated carbocycles. The highest BCUT2D eigenvalue weighted by molar-refractivity contribution is 5.44. The third-order valence-electron chi connectivity index (χ3n) is 3.63. The second-order valence-electron chi connectivity index (χ2n) is 5.63. The van der Waals surface area contributed by atoms with E-state index in [9.17, 15) is 0 Å². The van der Waals surface area contributed by atoms with E-state index in [1.165, 1.54) is 35.3 Å². The number of benzene rings is 1. The molecule has 1 heterocycles. The molecule has 2 aromatic rings. The van der Waals surface area contributed by atoms with E-state index >= 15 is 0 Å². The topological polar surface area (TPSA) is 29.9 Å². The monoisotopic (exact) mass is 255 g/mol. The van der Waals surface area contributed by atoms with E-state index in [0.29, 0.717) is 0 Å². The van der Waals surface area contributed by atoms with Crippen molar-refractivity contribution in [2.45, 2.75) is 46.2 Å². The Kier molecular flexibility index (Phi) is 3.15. The summed E-state index contributed by atoms with van der Waals surface area (Å²) < 4.78 is 2.05. The van der Waals surface area contributed by atoms with Crippen LogP contribution >= 0.6 is 0 Å². The van der Waals surface area contributed by atoms with E-state index in [2.05, 4.69) is 53.2 Å². The van der Waals surface area contributed by atoms with E-state index < -0.39 is 0 Å². The lowest BCUT2D eigenvalue weighted by Crippen LogP contribution is -2.17. The Balaban J connectivity index is 1.96. The van der Waals surface area contributed by atoms with Gasteiger partial charge in [0.2, 0.25) is 0 Å². The maximum atomic E-state index is 4.60. The second kappa shape index (κ2) is 4.82. The van der Waals surface area contributed by atoms with Gasteiger partial charge in [-0.15, -0.1) is 0 Å². The normalized spacial score (nSPS) is 14.9. The van der Waals surface area contributed by atoms with Gasteiger partial charge in [-0.3, -0.25) is 0 Å². The van der Waals surface area contributed by atoms with E-state index in [1.807, 2.05) is 6.92 Å². The maximum Gasteiger partial charge on any atom is 0.0693 e. The Morgan fingerprint density at radius 2 is 2.00 bits per heavy atom. The molecule has 1 aromatic carbocycles. The van der Waals surface area contributed by atoms with Crippen LogP contribution in [0.5, 0.6) is 0 Å². The first-order valence-electron chi connectivity index (χ1n) is 7.00. The number of aryl methyl sites for hydroxylation is 3. The zero-order valence-electron chi connectivity index (χ0n) is 11.9. The maximum absolute atomic E-state index is 4.60. The summed E-state index contributed by atoms with van der Waals surface area (Å²) >= 11 is 0. The van der Waals surface area contributed by atoms with Crippen LogP contribution in [0.2, 0.25) is 0 Å². The van der Waals surface area contributed by atoms with Crippen LogP contribution in [-0.4, -0.2) is 15.8 Å². The zero-order valence-corrected chi connectivity index (χ0v) is 11.9. The van der Waals surface area contributed by atoms with Crippen LogP contribution in [0.3, 0.4) is 0 Å². The van der Waals surface area contributed by atoms with Crippen LogP contribution in [0.15, 0.2) is 24.3 Å². The van der Waals surface area contributed by atoms with Crippen molar-refractivity contribution in [2.24, 2.45) is 0 Å². The summed E-state index contributed by atoms with van der Waals surface area (Å²) in [6.07, 6.45) is 2.64. The van der Waals surface area contributed by atoms with Crippen LogP contribution < -0.4 is 5.32 Å². The largest absolute Gasteiger partial charge is 0.310 e. The molecule has 1 fully saturated rings. The number of hydrogen-bond acceptors (Lipinski definition) is 2. The van der Waals surface area contributed by atoms with E-state index in [4.69, 9.17) is 0 Å². The molecule has 19 heavy (non-hydrogen) atoms. The molecule has 0 radical (unpaired) electrons. The molecule has 0 bridgehead atoms. The predicted molar refractivity (Wildman–Crippen MR) is 77.6 cm³/mol. The van der Waals surface area contributed by atoms with Crippen LogP contribution in [0.25, 0.3) is 5.69 Å². The smallest absolute Gasteiger partial charge is 0.0693 e. The Bertz CT molecular complexity index is 594. The minimum Gasteiger partial charge on any atom is -0.310 e. The summed E-state index contributed by atoms with van der Waals surface area (Å²) in [6, 6.07) is 9.46. The highest BCUT2D eigenvalue weighted by Gasteiger charge is 2.20. The van der Waals surface area contributed by atoms with Crippen molar-refractivity contribution in [3.8, 4) is 5.69 Å². The van der Waals surface area contributed by atoms with Crippen molar-refractivity contribution in [1.29, 1.82) is 0 Å². The Labute approximate surface area is 114 Å². The quantitative estimate of drug-likeness (QED) is 0.910. The zero-order chi connectivity index (χ0) is 13.4. The Hall–Kier alpha value is -1.61. The van der Waals surface area contributed by atoms with Crippen molar-refractivity contribution in [3.63, 3.8) is 0 Å². The highest BCUT2D eigenvalue weighted by atomic mass is 15.3. The highest BCUT2D eigenvalue weighted by Crippen LogP contribution is 2.22. The second-order valence-corrected chi connectivity index (χ2v) is 5.63. The lowest BCUT2D eigenvalue weighted by Gasteiger charge is -2.13. The molecule has 0 atom stereocenters. The van der Waals surface area contributed by atoms with Crippen LogP contribution in [0.4, 0.5) is 0 Å². The minimum absolute atomic E-state index is 0.730. The number of aromatic nitrogens is 2. The van der Waals surface area contributed by atoms with Gasteiger partial charge in [-0.2, -0.15) is 5.10 Å². The van der Waals surface area contributed by atoms with Crippen molar-refractivity contribution >= 4 is 0 Å². The van der Waals surface area contributed by atoms with Gasteiger partial charge in [0, 0.05) is 18.3 Å². The molecule has 0 spiro atoms. The molecule has 0 aliphatic heterocycles. The van der Waals surface area contributed by atoms with Gasteiger partial charge in [0.25, 0.3) is 0 Å². The van der Waals surface area contributed by atoms with Gasteiger partial charge in [-0.1, -0.05) is 17.7 Å². The molecule has 0 unspecified atom stereocenters. The molecule has 3 heteroatoms. The summed E-state index contributed by atoms with van der Waals surface area (Å²) in [4.78, 5) is 0. The molecule has 3 nitrogen and oxygen atoms in total. The van der Waals surface area contributed by atoms with Gasteiger partial charge in [-0.25, -0.2) is 4.68 Å². The van der Waals surface area contributed by atoms with Gasteiger partial charge in [0.15, 0.2) is 0 Å². The van der Waals surface area contributed by atoms with Gasteiger partial charge in [-0.05, 0) is 51.3 Å². The summed E-state index contributed by atoms with van der Waals surface area (Å²) in [5, 5.41) is 8.20. The van der Waals surface area contributed by atoms with E-state index in [1.54, 1.807) is 0 Å². The van der Waals surface area contributed by atoms with Gasteiger partial charge in [0.1, 0.15) is 0 Å². The number of nitrogens with one attached hydrogen (secondary N) is 1. The molecule has 3 rings (SSSR count). The Morgan fingerprint density at radius 3 is 2.63 bits per heavy atom. The lowest BCUT2D eigenvalue weighted by molar-refractivity contribution is 0.679.